The Hall–Kier alpha value is -3.56. The molecule has 0 aliphatic heterocycles. The molecule has 2 aromatic rings. The van der Waals surface area contributed by atoms with Gasteiger partial charge in [-0.05, 0) is 68.3 Å². The molecule has 4 aliphatic carbocycles. The highest BCUT2D eigenvalue weighted by Gasteiger charge is 2.51. The quantitative estimate of drug-likeness (QED) is 0.400. The molecule has 4 aliphatic rings. The number of carbonyl (C=O) groups excluding carboxylic acids is 2. The molecule has 38 heavy (non-hydrogen) atoms. The first-order chi connectivity index (χ1) is 18.3. The molecule has 4 fully saturated rings. The van der Waals surface area contributed by atoms with Crippen LogP contribution in [0.5, 0.6) is 0 Å². The van der Waals surface area contributed by atoms with E-state index in [4.69, 9.17) is 5.73 Å². The zero-order valence-corrected chi connectivity index (χ0v) is 22.0. The number of hydrogen-bond donors (Lipinski definition) is 4. The zero-order valence-electron chi connectivity index (χ0n) is 22.0. The van der Waals surface area contributed by atoms with Crippen LogP contribution in [-0.2, 0) is 11.3 Å². The number of rotatable bonds is 9. The molecule has 0 atom stereocenters. The monoisotopic (exact) mass is 522 g/mol. The number of urea groups is 1. The summed E-state index contributed by atoms with van der Waals surface area (Å²) in [4.78, 5) is 55.0. The third-order valence-corrected chi connectivity index (χ3v) is 8.46. The van der Waals surface area contributed by atoms with Gasteiger partial charge >= 0.3 is 11.7 Å². The van der Waals surface area contributed by atoms with E-state index < -0.39 is 11.2 Å². The van der Waals surface area contributed by atoms with E-state index in [1.807, 2.05) is 37.3 Å². The summed E-state index contributed by atoms with van der Waals surface area (Å²) in [5, 5.41) is 6.10. The van der Waals surface area contributed by atoms with Crippen molar-refractivity contribution in [2.75, 3.05) is 23.7 Å². The molecular weight excluding hydrogens is 484 g/mol. The summed E-state index contributed by atoms with van der Waals surface area (Å²) in [5.41, 5.74) is 5.67. The van der Waals surface area contributed by atoms with Crippen LogP contribution in [0.4, 0.5) is 16.3 Å². The Balaban J connectivity index is 1.24. The number of amides is 3. The van der Waals surface area contributed by atoms with Gasteiger partial charge in [0.25, 0.3) is 5.56 Å². The molecule has 0 saturated heterocycles. The summed E-state index contributed by atoms with van der Waals surface area (Å²) < 4.78 is 1.26. The van der Waals surface area contributed by atoms with Gasteiger partial charge in [-0.3, -0.25) is 19.1 Å². The second kappa shape index (κ2) is 10.7. The molecule has 0 spiro atoms. The number of carbonyl (C=O) groups is 2. The molecule has 3 amide bonds. The fourth-order valence-electron chi connectivity index (χ4n) is 7.31. The second-order valence-corrected chi connectivity index (χ2v) is 11.4. The highest BCUT2D eigenvalue weighted by Crippen LogP contribution is 2.55. The molecule has 1 aromatic heterocycles. The average molecular weight is 523 g/mol. The number of anilines is 2. The van der Waals surface area contributed by atoms with Crippen LogP contribution in [0.15, 0.2) is 39.9 Å². The minimum atomic E-state index is -0.703. The van der Waals surface area contributed by atoms with Crippen molar-refractivity contribution in [3.05, 3.63) is 56.7 Å². The number of aromatic amines is 1. The van der Waals surface area contributed by atoms with Gasteiger partial charge in [0.15, 0.2) is 5.69 Å². The van der Waals surface area contributed by atoms with Crippen LogP contribution in [0.1, 0.15) is 63.9 Å². The normalized spacial score (nSPS) is 25.2. The van der Waals surface area contributed by atoms with E-state index in [2.05, 4.69) is 15.6 Å². The van der Waals surface area contributed by atoms with Crippen molar-refractivity contribution in [3.8, 4) is 0 Å². The lowest BCUT2D eigenvalue weighted by Crippen LogP contribution is -2.61. The summed E-state index contributed by atoms with van der Waals surface area (Å²) in [6, 6.07) is 9.03. The highest BCUT2D eigenvalue weighted by atomic mass is 16.2. The smallest absolute Gasteiger partial charge is 0.330 e. The maximum absolute atomic E-state index is 13.2. The van der Waals surface area contributed by atoms with Crippen molar-refractivity contribution < 1.29 is 9.59 Å². The van der Waals surface area contributed by atoms with Crippen molar-refractivity contribution in [3.63, 3.8) is 0 Å². The summed E-state index contributed by atoms with van der Waals surface area (Å²) in [7, 11) is 0. The lowest BCUT2D eigenvalue weighted by atomic mass is 9.53. The molecule has 6 rings (SSSR count). The molecule has 4 saturated carbocycles. The fourth-order valence-corrected chi connectivity index (χ4v) is 7.31. The Morgan fingerprint density at radius 3 is 2.32 bits per heavy atom. The van der Waals surface area contributed by atoms with Gasteiger partial charge in [0.1, 0.15) is 5.82 Å². The van der Waals surface area contributed by atoms with Crippen LogP contribution in [0.3, 0.4) is 0 Å². The Labute approximate surface area is 222 Å². The van der Waals surface area contributed by atoms with Crippen molar-refractivity contribution in [1.82, 2.24) is 20.2 Å². The van der Waals surface area contributed by atoms with E-state index in [1.165, 1.54) is 28.7 Å². The average Bonchev–Trinajstić information content (AvgIpc) is 2.85. The van der Waals surface area contributed by atoms with Gasteiger partial charge in [-0.2, -0.15) is 0 Å². The predicted octanol–water partition coefficient (Wildman–Crippen LogP) is 2.57. The number of benzene rings is 1. The zero-order chi connectivity index (χ0) is 26.9. The maximum atomic E-state index is 13.2. The van der Waals surface area contributed by atoms with E-state index in [-0.39, 0.29) is 55.0 Å². The van der Waals surface area contributed by atoms with Crippen molar-refractivity contribution in [2.45, 2.75) is 70.4 Å². The number of H-pyrrole nitrogens is 1. The summed E-state index contributed by atoms with van der Waals surface area (Å²) in [6.07, 6.45) is 7.64. The summed E-state index contributed by atoms with van der Waals surface area (Å²) >= 11 is 0. The first-order valence-corrected chi connectivity index (χ1v) is 13.8. The van der Waals surface area contributed by atoms with Crippen molar-refractivity contribution in [2.24, 2.45) is 17.8 Å². The van der Waals surface area contributed by atoms with Crippen LogP contribution in [-0.4, -0.2) is 40.1 Å². The van der Waals surface area contributed by atoms with E-state index in [0.717, 1.165) is 42.6 Å². The van der Waals surface area contributed by atoms with Gasteiger partial charge in [-0.1, -0.05) is 37.3 Å². The molecule has 0 unspecified atom stereocenters. The number of hydrogen-bond acceptors (Lipinski definition) is 5. The third kappa shape index (κ3) is 5.35. The Morgan fingerprint density at radius 2 is 1.71 bits per heavy atom. The number of nitrogens with zero attached hydrogens (tertiary/aromatic N) is 2. The predicted molar refractivity (Wildman–Crippen MR) is 146 cm³/mol. The molecule has 0 radical (unpaired) electrons. The Bertz CT molecular complexity index is 1270. The third-order valence-electron chi connectivity index (χ3n) is 8.46. The summed E-state index contributed by atoms with van der Waals surface area (Å²) in [5.74, 6) is 1.76. The fraction of sp³-hybridized carbons (Fsp3) is 0.571. The van der Waals surface area contributed by atoms with Gasteiger partial charge < -0.3 is 21.3 Å². The maximum Gasteiger partial charge on any atom is 0.330 e. The van der Waals surface area contributed by atoms with Crippen LogP contribution in [0.25, 0.3) is 0 Å². The SMILES string of the molecule is CCCN(C(=O)CCNC(=O)NC12CC3CC(CC(C3)C1)C2)c1c(N)n(Cc2ccccc2)c(=O)[nH]c1=O. The molecule has 1 aromatic carbocycles. The minimum absolute atomic E-state index is 0.00495. The number of nitrogens with two attached hydrogens (primary N) is 1. The lowest BCUT2D eigenvalue weighted by Gasteiger charge is -2.56. The molecule has 5 N–H and O–H groups in total. The van der Waals surface area contributed by atoms with Crippen LogP contribution < -0.4 is 32.5 Å². The van der Waals surface area contributed by atoms with Crippen LogP contribution in [0, 0.1) is 17.8 Å². The van der Waals surface area contributed by atoms with E-state index in [9.17, 15) is 19.2 Å². The molecule has 4 bridgehead atoms. The molecular formula is C28H38N6O4. The van der Waals surface area contributed by atoms with E-state index in [1.54, 1.807) is 0 Å². The second-order valence-electron chi connectivity index (χ2n) is 11.4. The molecule has 10 heteroatoms. The Kier molecular flexibility index (Phi) is 7.32. The van der Waals surface area contributed by atoms with Crippen molar-refractivity contribution >= 4 is 23.4 Å². The first-order valence-electron chi connectivity index (χ1n) is 13.8. The largest absolute Gasteiger partial charge is 0.383 e. The number of aromatic nitrogens is 2. The van der Waals surface area contributed by atoms with Gasteiger partial charge in [0.05, 0.1) is 6.54 Å². The topological polar surface area (TPSA) is 142 Å². The van der Waals surface area contributed by atoms with E-state index in [0.29, 0.717) is 6.42 Å². The number of nitrogen functional groups attached to an aromatic ring is 1. The molecule has 1 heterocycles. The lowest BCUT2D eigenvalue weighted by molar-refractivity contribution is -0.118. The first kappa shape index (κ1) is 26.1. The number of nitrogens with one attached hydrogen (secondary N) is 3. The van der Waals surface area contributed by atoms with E-state index >= 15 is 0 Å². The van der Waals surface area contributed by atoms with Gasteiger partial charge in [0.2, 0.25) is 5.91 Å². The molecule has 204 valence electrons. The minimum Gasteiger partial charge on any atom is -0.383 e. The molecule has 10 nitrogen and oxygen atoms in total. The summed E-state index contributed by atoms with van der Waals surface area (Å²) in [6.45, 7) is 2.45. The highest BCUT2D eigenvalue weighted by molar-refractivity contribution is 5.95. The van der Waals surface area contributed by atoms with Gasteiger partial charge in [0, 0.05) is 25.0 Å². The van der Waals surface area contributed by atoms with Gasteiger partial charge in [-0.25, -0.2) is 9.59 Å². The van der Waals surface area contributed by atoms with Crippen molar-refractivity contribution in [1.29, 1.82) is 0 Å². The Morgan fingerprint density at radius 1 is 1.08 bits per heavy atom. The standard InChI is InChI=1S/C28H38N6O4/c1-2-10-33(23-24(29)34(27(38)31-25(23)36)17-18-6-4-3-5-7-18)22(35)8-9-30-26(37)32-28-14-19-11-20(15-28)13-21(12-19)16-28/h3-7,19-21H,2,8-17,29H2,1H3,(H2,30,32,37)(H,31,36,38). The van der Waals surface area contributed by atoms with Crippen LogP contribution in [0.2, 0.25) is 0 Å². The van der Waals surface area contributed by atoms with Gasteiger partial charge in [-0.15, -0.1) is 0 Å². The van der Waals surface area contributed by atoms with Crippen LogP contribution >= 0.6 is 0 Å².